The van der Waals surface area contributed by atoms with Gasteiger partial charge in [-0.1, -0.05) is 0 Å². The van der Waals surface area contributed by atoms with Crippen molar-refractivity contribution in [1.29, 1.82) is 0 Å². The first-order chi connectivity index (χ1) is 7.97. The normalized spacial score (nSPS) is 18.5. The van der Waals surface area contributed by atoms with Gasteiger partial charge in [0.25, 0.3) is 0 Å². The molecule has 4 atom stereocenters. The molecule has 0 aromatic rings. The Bertz CT molecular complexity index is 221. The molecule has 0 aromatic carbocycles. The van der Waals surface area contributed by atoms with Crippen molar-refractivity contribution in [3.8, 4) is 0 Å². The first-order valence-electron chi connectivity index (χ1n) is 4.99. The SMILES string of the molecule is O=C(COC(CO)CS)[C@@H](O)[C@H](O)[C@H](O)CO. The van der Waals surface area contributed by atoms with E-state index in [4.69, 9.17) is 20.1 Å². The molecule has 0 aliphatic heterocycles. The highest BCUT2D eigenvalue weighted by atomic mass is 32.1. The molecule has 0 heterocycles. The van der Waals surface area contributed by atoms with Crippen LogP contribution in [0.2, 0.25) is 0 Å². The number of hydrogen-bond acceptors (Lipinski definition) is 8. The fraction of sp³-hybridized carbons (Fsp3) is 0.889. The molecular weight excluding hydrogens is 252 g/mol. The molecule has 0 amide bonds. The molecule has 0 spiro atoms. The third-order valence-electron chi connectivity index (χ3n) is 2.10. The number of hydrogen-bond donors (Lipinski definition) is 6. The summed E-state index contributed by atoms with van der Waals surface area (Å²) in [6.07, 6.45) is -5.88. The average Bonchev–Trinajstić information content (AvgIpc) is 2.36. The predicted octanol–water partition coefficient (Wildman–Crippen LogP) is -3.06. The van der Waals surface area contributed by atoms with Gasteiger partial charge >= 0.3 is 0 Å². The molecule has 1 unspecified atom stereocenters. The number of thiol groups is 1. The van der Waals surface area contributed by atoms with Crippen LogP contribution in [0, 0.1) is 0 Å². The van der Waals surface area contributed by atoms with Crippen LogP contribution < -0.4 is 0 Å². The molecular formula is C9H18O7S. The van der Waals surface area contributed by atoms with Gasteiger partial charge in [0.05, 0.1) is 19.3 Å². The maximum atomic E-state index is 11.3. The van der Waals surface area contributed by atoms with Gasteiger partial charge in [-0.05, 0) is 0 Å². The smallest absolute Gasteiger partial charge is 0.189 e. The summed E-state index contributed by atoms with van der Waals surface area (Å²) in [6.45, 7) is -1.63. The molecule has 17 heavy (non-hydrogen) atoms. The van der Waals surface area contributed by atoms with Crippen molar-refractivity contribution in [3.05, 3.63) is 0 Å². The van der Waals surface area contributed by atoms with Gasteiger partial charge in [0.1, 0.15) is 24.9 Å². The lowest BCUT2D eigenvalue weighted by Gasteiger charge is -2.21. The van der Waals surface area contributed by atoms with Crippen LogP contribution in [-0.2, 0) is 9.53 Å². The first kappa shape index (κ1) is 16.8. The highest BCUT2D eigenvalue weighted by molar-refractivity contribution is 7.80. The highest BCUT2D eigenvalue weighted by Gasteiger charge is 2.30. The van der Waals surface area contributed by atoms with Crippen LogP contribution >= 0.6 is 12.6 Å². The number of Topliss-reactive ketones (excluding diaryl/α,β-unsaturated/α-hetero) is 1. The maximum Gasteiger partial charge on any atom is 0.189 e. The third kappa shape index (κ3) is 5.77. The van der Waals surface area contributed by atoms with Gasteiger partial charge in [-0.2, -0.15) is 12.6 Å². The molecule has 0 aliphatic carbocycles. The molecule has 0 fully saturated rings. The first-order valence-corrected chi connectivity index (χ1v) is 5.62. The summed E-state index contributed by atoms with van der Waals surface area (Å²) in [5.41, 5.74) is 0. The molecule has 0 aliphatic rings. The van der Waals surface area contributed by atoms with Crippen molar-refractivity contribution in [2.45, 2.75) is 24.4 Å². The van der Waals surface area contributed by atoms with E-state index in [2.05, 4.69) is 12.6 Å². The number of carbonyl (C=O) groups is 1. The number of carbonyl (C=O) groups excluding carboxylic acids is 1. The van der Waals surface area contributed by atoms with E-state index in [1.54, 1.807) is 0 Å². The van der Waals surface area contributed by atoms with Crippen LogP contribution in [0.5, 0.6) is 0 Å². The highest BCUT2D eigenvalue weighted by Crippen LogP contribution is 2.03. The third-order valence-corrected chi connectivity index (χ3v) is 2.51. The Morgan fingerprint density at radius 1 is 1.18 bits per heavy atom. The molecule has 0 saturated carbocycles. The van der Waals surface area contributed by atoms with Gasteiger partial charge in [-0.3, -0.25) is 4.79 Å². The van der Waals surface area contributed by atoms with Gasteiger partial charge in [0, 0.05) is 5.75 Å². The van der Waals surface area contributed by atoms with Gasteiger partial charge in [-0.15, -0.1) is 0 Å². The van der Waals surface area contributed by atoms with Crippen LogP contribution in [0.3, 0.4) is 0 Å². The van der Waals surface area contributed by atoms with Crippen molar-refractivity contribution in [2.75, 3.05) is 25.6 Å². The van der Waals surface area contributed by atoms with Gasteiger partial charge in [-0.25, -0.2) is 0 Å². The molecule has 102 valence electrons. The molecule has 0 saturated heterocycles. The Hall–Kier alpha value is -0.220. The molecule has 0 radical (unpaired) electrons. The van der Waals surface area contributed by atoms with E-state index < -0.39 is 43.4 Å². The predicted molar refractivity (Wildman–Crippen MR) is 60.8 cm³/mol. The van der Waals surface area contributed by atoms with Crippen molar-refractivity contribution >= 4 is 18.4 Å². The average molecular weight is 270 g/mol. The minimum absolute atomic E-state index is 0.196. The Balaban J connectivity index is 4.13. The summed E-state index contributed by atoms with van der Waals surface area (Å²) in [5.74, 6) is -0.660. The fourth-order valence-electron chi connectivity index (χ4n) is 0.957. The van der Waals surface area contributed by atoms with Crippen LogP contribution in [0.15, 0.2) is 0 Å². The Morgan fingerprint density at radius 3 is 2.18 bits per heavy atom. The van der Waals surface area contributed by atoms with Crippen molar-refractivity contribution in [1.82, 2.24) is 0 Å². The van der Waals surface area contributed by atoms with Gasteiger partial charge in [0.15, 0.2) is 5.78 Å². The largest absolute Gasteiger partial charge is 0.394 e. The second-order valence-corrected chi connectivity index (χ2v) is 3.81. The Morgan fingerprint density at radius 2 is 1.76 bits per heavy atom. The van der Waals surface area contributed by atoms with E-state index in [-0.39, 0.29) is 12.4 Å². The number of ketones is 1. The summed E-state index contributed by atoms with van der Waals surface area (Å²) in [4.78, 5) is 11.3. The minimum atomic E-state index is -1.85. The molecule has 5 N–H and O–H groups in total. The summed E-state index contributed by atoms with van der Waals surface area (Å²) in [6, 6.07) is 0. The van der Waals surface area contributed by atoms with Gasteiger partial charge in [0.2, 0.25) is 0 Å². The lowest BCUT2D eigenvalue weighted by molar-refractivity contribution is -0.146. The molecule has 8 heteroatoms. The number of aliphatic hydroxyl groups is 5. The van der Waals surface area contributed by atoms with Crippen molar-refractivity contribution in [2.24, 2.45) is 0 Å². The molecule has 7 nitrogen and oxygen atoms in total. The second kappa shape index (κ2) is 8.81. The fourth-order valence-corrected chi connectivity index (χ4v) is 1.18. The molecule has 0 bridgehead atoms. The van der Waals surface area contributed by atoms with E-state index in [0.29, 0.717) is 0 Å². The van der Waals surface area contributed by atoms with Gasteiger partial charge < -0.3 is 30.3 Å². The van der Waals surface area contributed by atoms with E-state index >= 15 is 0 Å². The Kier molecular flexibility index (Phi) is 8.70. The van der Waals surface area contributed by atoms with Crippen LogP contribution in [-0.4, -0.2) is 81.3 Å². The maximum absolute atomic E-state index is 11.3. The lowest BCUT2D eigenvalue weighted by atomic mass is 10.1. The zero-order chi connectivity index (χ0) is 13.4. The standard InChI is InChI=1S/C9H18O7S/c10-1-5(4-17)16-3-7(13)9(15)8(14)6(12)2-11/h5-6,8-12,14-15,17H,1-4H2/t5?,6-,8-,9-/m1/s1. The van der Waals surface area contributed by atoms with Crippen molar-refractivity contribution in [3.63, 3.8) is 0 Å². The Labute approximate surface area is 104 Å². The molecule has 0 rings (SSSR count). The minimum Gasteiger partial charge on any atom is -0.394 e. The number of rotatable bonds is 9. The van der Waals surface area contributed by atoms with E-state index in [0.717, 1.165) is 0 Å². The summed E-state index contributed by atoms with van der Waals surface area (Å²) < 4.78 is 4.90. The lowest BCUT2D eigenvalue weighted by Crippen LogP contribution is -2.45. The topological polar surface area (TPSA) is 127 Å². The second-order valence-electron chi connectivity index (χ2n) is 3.45. The number of aliphatic hydroxyl groups excluding tert-OH is 5. The summed E-state index contributed by atoms with van der Waals surface area (Å²) in [7, 11) is 0. The van der Waals surface area contributed by atoms with E-state index in [9.17, 15) is 15.0 Å². The summed E-state index contributed by atoms with van der Waals surface area (Å²) in [5, 5.41) is 44.8. The zero-order valence-corrected chi connectivity index (χ0v) is 10.0. The summed E-state index contributed by atoms with van der Waals surface area (Å²) >= 11 is 3.86. The van der Waals surface area contributed by atoms with Crippen LogP contribution in [0.1, 0.15) is 0 Å². The van der Waals surface area contributed by atoms with Crippen LogP contribution in [0.4, 0.5) is 0 Å². The monoisotopic (exact) mass is 270 g/mol. The van der Waals surface area contributed by atoms with E-state index in [1.165, 1.54) is 0 Å². The van der Waals surface area contributed by atoms with Crippen LogP contribution in [0.25, 0.3) is 0 Å². The molecule has 0 aromatic heterocycles. The zero-order valence-electron chi connectivity index (χ0n) is 9.14. The van der Waals surface area contributed by atoms with Crippen molar-refractivity contribution < 1.29 is 35.1 Å². The quantitative estimate of drug-likeness (QED) is 0.245. The number of ether oxygens (including phenoxy) is 1. The van der Waals surface area contributed by atoms with E-state index in [1.807, 2.05) is 0 Å².